The van der Waals surface area contributed by atoms with Crippen LogP contribution in [0, 0.1) is 0 Å². The van der Waals surface area contributed by atoms with Gasteiger partial charge in [0.15, 0.2) is 0 Å². The quantitative estimate of drug-likeness (QED) is 0.792. The highest BCUT2D eigenvalue weighted by molar-refractivity contribution is 4.89. The van der Waals surface area contributed by atoms with Crippen molar-refractivity contribution in [2.24, 2.45) is 0 Å². The van der Waals surface area contributed by atoms with Crippen LogP contribution in [0.5, 0.6) is 0 Å². The molecule has 1 heterocycles. The lowest BCUT2D eigenvalue weighted by Crippen LogP contribution is -2.60. The molecule has 3 heteroatoms. The number of hydrogen-bond acceptors (Lipinski definition) is 3. The van der Waals surface area contributed by atoms with Crippen LogP contribution in [-0.2, 0) is 0 Å². The van der Waals surface area contributed by atoms with Crippen molar-refractivity contribution in [1.82, 2.24) is 15.1 Å². The standard InChI is InChI=1S/C14H31N3/c1-7-14(15-8-2)13(5)17-9-11(3)16(6)12(4)10-17/h11-15H,7-10H2,1-6H3. The fraction of sp³-hybridized carbons (Fsp3) is 1.00. The molecule has 0 bridgehead atoms. The molecule has 1 rings (SSSR count). The van der Waals surface area contributed by atoms with Crippen molar-refractivity contribution in [2.75, 3.05) is 26.7 Å². The number of nitrogens with zero attached hydrogens (tertiary/aromatic N) is 2. The third-order valence-corrected chi connectivity index (χ3v) is 4.45. The smallest absolute Gasteiger partial charge is 0.0222 e. The highest BCUT2D eigenvalue weighted by atomic mass is 15.3. The molecule has 0 aromatic rings. The molecular formula is C14H31N3. The SMILES string of the molecule is CCNC(CC)C(C)N1CC(C)N(C)C(C)C1. The van der Waals surface area contributed by atoms with Gasteiger partial charge in [-0.3, -0.25) is 9.80 Å². The summed E-state index contributed by atoms with van der Waals surface area (Å²) in [4.78, 5) is 5.16. The summed E-state index contributed by atoms with van der Waals surface area (Å²) < 4.78 is 0. The van der Waals surface area contributed by atoms with E-state index in [2.05, 4.69) is 56.8 Å². The molecule has 102 valence electrons. The van der Waals surface area contributed by atoms with Gasteiger partial charge in [-0.15, -0.1) is 0 Å². The van der Waals surface area contributed by atoms with Crippen molar-refractivity contribution in [3.05, 3.63) is 0 Å². The molecule has 1 N–H and O–H groups in total. The lowest BCUT2D eigenvalue weighted by atomic mass is 10.0. The number of likely N-dealkylation sites (N-methyl/N-ethyl adjacent to an activating group) is 2. The minimum atomic E-state index is 0.628. The van der Waals surface area contributed by atoms with Crippen LogP contribution in [0.25, 0.3) is 0 Å². The van der Waals surface area contributed by atoms with Gasteiger partial charge >= 0.3 is 0 Å². The van der Waals surface area contributed by atoms with Crippen molar-refractivity contribution in [3.8, 4) is 0 Å². The molecular weight excluding hydrogens is 210 g/mol. The summed E-state index contributed by atoms with van der Waals surface area (Å²) in [5.41, 5.74) is 0. The monoisotopic (exact) mass is 241 g/mol. The molecule has 1 saturated heterocycles. The van der Waals surface area contributed by atoms with E-state index in [4.69, 9.17) is 0 Å². The molecule has 0 radical (unpaired) electrons. The fourth-order valence-corrected chi connectivity index (χ4v) is 2.95. The maximum absolute atomic E-state index is 3.61. The normalized spacial score (nSPS) is 31.4. The summed E-state index contributed by atoms with van der Waals surface area (Å²) in [5.74, 6) is 0. The first-order valence-corrected chi connectivity index (χ1v) is 7.20. The molecule has 4 unspecified atom stereocenters. The van der Waals surface area contributed by atoms with Crippen LogP contribution in [0.15, 0.2) is 0 Å². The summed E-state index contributed by atoms with van der Waals surface area (Å²) in [6.45, 7) is 15.0. The number of nitrogens with one attached hydrogen (secondary N) is 1. The van der Waals surface area contributed by atoms with E-state index in [9.17, 15) is 0 Å². The van der Waals surface area contributed by atoms with Gasteiger partial charge in [0.25, 0.3) is 0 Å². The molecule has 1 fully saturated rings. The minimum absolute atomic E-state index is 0.628. The van der Waals surface area contributed by atoms with Crippen LogP contribution in [0.2, 0.25) is 0 Å². The molecule has 0 saturated carbocycles. The molecule has 1 aliphatic rings. The van der Waals surface area contributed by atoms with Gasteiger partial charge in [-0.05, 0) is 40.8 Å². The Morgan fingerprint density at radius 3 is 2.12 bits per heavy atom. The molecule has 0 spiro atoms. The molecule has 0 aliphatic carbocycles. The van der Waals surface area contributed by atoms with Gasteiger partial charge in [-0.2, -0.15) is 0 Å². The summed E-state index contributed by atoms with van der Waals surface area (Å²) in [5, 5.41) is 3.61. The van der Waals surface area contributed by atoms with Crippen LogP contribution in [-0.4, -0.2) is 60.6 Å². The van der Waals surface area contributed by atoms with Gasteiger partial charge in [0.1, 0.15) is 0 Å². The van der Waals surface area contributed by atoms with E-state index in [0.717, 1.165) is 6.54 Å². The van der Waals surface area contributed by atoms with Crippen molar-refractivity contribution >= 4 is 0 Å². The first kappa shape index (κ1) is 14.9. The molecule has 0 aromatic carbocycles. The van der Waals surface area contributed by atoms with E-state index in [-0.39, 0.29) is 0 Å². The van der Waals surface area contributed by atoms with Crippen LogP contribution < -0.4 is 5.32 Å². The van der Waals surface area contributed by atoms with Crippen molar-refractivity contribution in [1.29, 1.82) is 0 Å². The fourth-order valence-electron chi connectivity index (χ4n) is 2.95. The van der Waals surface area contributed by atoms with Crippen LogP contribution in [0.4, 0.5) is 0 Å². The molecule has 4 atom stereocenters. The number of hydrogen-bond donors (Lipinski definition) is 1. The molecule has 17 heavy (non-hydrogen) atoms. The largest absolute Gasteiger partial charge is 0.313 e. The molecule has 0 amide bonds. The summed E-state index contributed by atoms with van der Waals surface area (Å²) >= 11 is 0. The second kappa shape index (κ2) is 6.72. The van der Waals surface area contributed by atoms with Crippen LogP contribution in [0.1, 0.15) is 41.0 Å². The highest BCUT2D eigenvalue weighted by Crippen LogP contribution is 2.18. The predicted octanol–water partition coefficient (Wildman–Crippen LogP) is 1.79. The highest BCUT2D eigenvalue weighted by Gasteiger charge is 2.31. The van der Waals surface area contributed by atoms with E-state index in [1.807, 2.05) is 0 Å². The lowest BCUT2D eigenvalue weighted by Gasteiger charge is -2.46. The first-order chi connectivity index (χ1) is 8.01. The second-order valence-corrected chi connectivity index (χ2v) is 5.63. The zero-order valence-electron chi connectivity index (χ0n) is 12.5. The second-order valence-electron chi connectivity index (χ2n) is 5.63. The number of rotatable bonds is 5. The van der Waals surface area contributed by atoms with Gasteiger partial charge < -0.3 is 5.32 Å². The van der Waals surface area contributed by atoms with Crippen molar-refractivity contribution in [3.63, 3.8) is 0 Å². The Morgan fingerprint density at radius 1 is 1.18 bits per heavy atom. The van der Waals surface area contributed by atoms with E-state index in [1.54, 1.807) is 0 Å². The summed E-state index contributed by atoms with van der Waals surface area (Å²) in [6, 6.07) is 2.60. The topological polar surface area (TPSA) is 18.5 Å². The van der Waals surface area contributed by atoms with Crippen LogP contribution >= 0.6 is 0 Å². The Labute approximate surface area is 108 Å². The Kier molecular flexibility index (Phi) is 5.90. The van der Waals surface area contributed by atoms with Gasteiger partial charge in [0.05, 0.1) is 0 Å². The minimum Gasteiger partial charge on any atom is -0.313 e. The first-order valence-electron chi connectivity index (χ1n) is 7.20. The third-order valence-electron chi connectivity index (χ3n) is 4.45. The van der Waals surface area contributed by atoms with Crippen molar-refractivity contribution in [2.45, 2.75) is 65.2 Å². The van der Waals surface area contributed by atoms with E-state index >= 15 is 0 Å². The Hall–Kier alpha value is -0.120. The molecule has 1 aliphatic heterocycles. The molecule has 0 aromatic heterocycles. The number of piperazine rings is 1. The Bertz CT molecular complexity index is 208. The van der Waals surface area contributed by atoms with Crippen LogP contribution in [0.3, 0.4) is 0 Å². The van der Waals surface area contributed by atoms with E-state index < -0.39 is 0 Å². The maximum Gasteiger partial charge on any atom is 0.0222 e. The molecule has 3 nitrogen and oxygen atoms in total. The Morgan fingerprint density at radius 2 is 1.71 bits per heavy atom. The van der Waals surface area contributed by atoms with Gasteiger partial charge in [0, 0.05) is 37.3 Å². The maximum atomic E-state index is 3.61. The van der Waals surface area contributed by atoms with Gasteiger partial charge in [0.2, 0.25) is 0 Å². The van der Waals surface area contributed by atoms with Gasteiger partial charge in [-0.25, -0.2) is 0 Å². The Balaban J connectivity index is 2.59. The van der Waals surface area contributed by atoms with E-state index in [1.165, 1.54) is 19.5 Å². The zero-order valence-corrected chi connectivity index (χ0v) is 12.5. The van der Waals surface area contributed by atoms with E-state index in [0.29, 0.717) is 24.2 Å². The summed E-state index contributed by atoms with van der Waals surface area (Å²) in [7, 11) is 2.25. The third kappa shape index (κ3) is 3.67. The van der Waals surface area contributed by atoms with Crippen molar-refractivity contribution < 1.29 is 0 Å². The summed E-state index contributed by atoms with van der Waals surface area (Å²) in [6.07, 6.45) is 1.21. The van der Waals surface area contributed by atoms with Gasteiger partial charge in [-0.1, -0.05) is 13.8 Å². The lowest BCUT2D eigenvalue weighted by molar-refractivity contribution is 0.0276. The predicted molar refractivity (Wildman–Crippen MR) is 75.5 cm³/mol. The average molecular weight is 241 g/mol. The zero-order chi connectivity index (χ0) is 13.0. The average Bonchev–Trinajstić information content (AvgIpc) is 2.31.